The molecule has 0 fully saturated rings. The minimum Gasteiger partial charge on any atom is -0.464 e. The molecule has 0 heterocycles. The number of nitrogens with zero attached hydrogens (tertiary/aromatic N) is 1. The molecule has 0 radical (unpaired) electrons. The van der Waals surface area contributed by atoms with Crippen LogP contribution in [0, 0.1) is 0 Å². The molecule has 1 unspecified atom stereocenters. The Morgan fingerprint density at radius 3 is 2.47 bits per heavy atom. The number of ether oxygens (including phenoxy) is 1. The molecular formula is C10H19N3O4. The number of amides is 2. The highest BCUT2D eigenvalue weighted by Gasteiger charge is 2.26. The summed E-state index contributed by atoms with van der Waals surface area (Å²) >= 11 is 0. The molecule has 2 amide bonds. The van der Waals surface area contributed by atoms with Crippen LogP contribution in [-0.2, 0) is 19.1 Å². The summed E-state index contributed by atoms with van der Waals surface area (Å²) in [5.41, 5.74) is 5.42. The van der Waals surface area contributed by atoms with Crippen LogP contribution in [0.5, 0.6) is 0 Å². The number of esters is 1. The Morgan fingerprint density at radius 1 is 1.41 bits per heavy atom. The van der Waals surface area contributed by atoms with Crippen molar-refractivity contribution in [1.82, 2.24) is 10.2 Å². The third-order valence-electron chi connectivity index (χ3n) is 2.14. The molecule has 0 aromatic rings. The number of carbonyl (C=O) groups is 3. The van der Waals surface area contributed by atoms with Crippen molar-refractivity contribution in [3.05, 3.63) is 0 Å². The van der Waals surface area contributed by atoms with Gasteiger partial charge in [-0.05, 0) is 6.92 Å². The van der Waals surface area contributed by atoms with E-state index in [1.807, 2.05) is 0 Å². The van der Waals surface area contributed by atoms with Crippen molar-refractivity contribution in [2.45, 2.75) is 19.4 Å². The molecule has 0 aromatic carbocycles. The van der Waals surface area contributed by atoms with Crippen LogP contribution in [0.2, 0.25) is 0 Å². The number of nitrogens with one attached hydrogen (secondary N) is 1. The highest BCUT2D eigenvalue weighted by Crippen LogP contribution is 1.95. The van der Waals surface area contributed by atoms with E-state index in [1.165, 1.54) is 19.0 Å². The van der Waals surface area contributed by atoms with E-state index in [9.17, 15) is 14.4 Å². The summed E-state index contributed by atoms with van der Waals surface area (Å²) in [6.45, 7) is 2.00. The van der Waals surface area contributed by atoms with Gasteiger partial charge >= 0.3 is 5.97 Å². The molecule has 7 heteroatoms. The van der Waals surface area contributed by atoms with Gasteiger partial charge in [-0.25, -0.2) is 4.79 Å². The molecule has 17 heavy (non-hydrogen) atoms. The van der Waals surface area contributed by atoms with Crippen LogP contribution in [0.1, 0.15) is 13.3 Å². The molecule has 0 bridgehead atoms. The predicted octanol–water partition coefficient (Wildman–Crippen LogP) is -1.53. The third-order valence-corrected chi connectivity index (χ3v) is 2.14. The Kier molecular flexibility index (Phi) is 6.88. The van der Waals surface area contributed by atoms with E-state index in [0.717, 1.165) is 0 Å². The third kappa shape index (κ3) is 5.30. The summed E-state index contributed by atoms with van der Waals surface area (Å²) in [5, 5.41) is 2.43. The van der Waals surface area contributed by atoms with Gasteiger partial charge in [-0.15, -0.1) is 0 Å². The van der Waals surface area contributed by atoms with Crippen molar-refractivity contribution in [3.8, 4) is 0 Å². The second kappa shape index (κ2) is 7.61. The van der Waals surface area contributed by atoms with Gasteiger partial charge in [-0.3, -0.25) is 9.59 Å². The topological polar surface area (TPSA) is 102 Å². The van der Waals surface area contributed by atoms with Gasteiger partial charge in [0.25, 0.3) is 5.91 Å². The first-order valence-electron chi connectivity index (χ1n) is 5.31. The molecule has 0 aliphatic heterocycles. The second-order valence-corrected chi connectivity index (χ2v) is 3.41. The van der Waals surface area contributed by atoms with Crippen LogP contribution in [-0.4, -0.2) is 56.0 Å². The van der Waals surface area contributed by atoms with E-state index in [-0.39, 0.29) is 25.5 Å². The zero-order valence-electron chi connectivity index (χ0n) is 10.4. The van der Waals surface area contributed by atoms with Crippen LogP contribution in [0.25, 0.3) is 0 Å². The SMILES string of the molecule is CCOC(=O)C(N)C(=O)N(C)CCC(=O)NC. The van der Waals surface area contributed by atoms with Gasteiger partial charge < -0.3 is 20.7 Å². The van der Waals surface area contributed by atoms with Crippen LogP contribution >= 0.6 is 0 Å². The number of hydrogen-bond donors (Lipinski definition) is 2. The molecule has 1 atom stereocenters. The van der Waals surface area contributed by atoms with E-state index in [0.29, 0.717) is 0 Å². The highest BCUT2D eigenvalue weighted by molar-refractivity contribution is 6.01. The van der Waals surface area contributed by atoms with E-state index in [1.54, 1.807) is 6.92 Å². The van der Waals surface area contributed by atoms with Gasteiger partial charge in [0.1, 0.15) is 0 Å². The normalized spacial score (nSPS) is 11.5. The minimum absolute atomic E-state index is 0.161. The standard InChI is InChI=1S/C10H19N3O4/c1-4-17-10(16)8(11)9(15)13(3)6-5-7(14)12-2/h8H,4-6,11H2,1-3H3,(H,12,14). The number of carbonyl (C=O) groups excluding carboxylic acids is 3. The van der Waals surface area contributed by atoms with Crippen molar-refractivity contribution in [2.75, 3.05) is 27.2 Å². The minimum atomic E-state index is -1.33. The summed E-state index contributed by atoms with van der Waals surface area (Å²) in [6.07, 6.45) is 0.161. The quantitative estimate of drug-likeness (QED) is 0.437. The first-order chi connectivity index (χ1) is 7.93. The summed E-state index contributed by atoms with van der Waals surface area (Å²) in [4.78, 5) is 35.0. The molecule has 0 rings (SSSR count). The molecule has 7 nitrogen and oxygen atoms in total. The number of likely N-dealkylation sites (N-methyl/N-ethyl adjacent to an activating group) is 1. The lowest BCUT2D eigenvalue weighted by Gasteiger charge is -2.19. The lowest BCUT2D eigenvalue weighted by atomic mass is 10.2. The Balaban J connectivity index is 4.20. The fraction of sp³-hybridized carbons (Fsp3) is 0.700. The van der Waals surface area contributed by atoms with Crippen LogP contribution in [0.15, 0.2) is 0 Å². The maximum atomic E-state index is 11.6. The van der Waals surface area contributed by atoms with Gasteiger partial charge in [-0.1, -0.05) is 0 Å². The van der Waals surface area contributed by atoms with Crippen molar-refractivity contribution >= 4 is 17.8 Å². The van der Waals surface area contributed by atoms with Crippen molar-refractivity contribution in [1.29, 1.82) is 0 Å². The molecule has 0 aliphatic carbocycles. The van der Waals surface area contributed by atoms with Gasteiger partial charge in [0.2, 0.25) is 5.91 Å². The Hall–Kier alpha value is -1.63. The maximum Gasteiger partial charge on any atom is 0.332 e. The molecule has 0 saturated heterocycles. The average Bonchev–Trinajstić information content (AvgIpc) is 2.33. The zero-order chi connectivity index (χ0) is 13.4. The monoisotopic (exact) mass is 245 g/mol. The zero-order valence-corrected chi connectivity index (χ0v) is 10.4. The summed E-state index contributed by atoms with van der Waals surface area (Å²) in [7, 11) is 2.98. The van der Waals surface area contributed by atoms with Gasteiger partial charge in [0.05, 0.1) is 6.61 Å². The van der Waals surface area contributed by atoms with Crippen molar-refractivity contribution in [3.63, 3.8) is 0 Å². The first kappa shape index (κ1) is 15.4. The van der Waals surface area contributed by atoms with E-state index < -0.39 is 17.9 Å². The van der Waals surface area contributed by atoms with E-state index >= 15 is 0 Å². The Labute approximate surface area is 100 Å². The summed E-state index contributed by atoms with van der Waals surface area (Å²) < 4.78 is 4.63. The van der Waals surface area contributed by atoms with E-state index in [4.69, 9.17) is 5.73 Å². The molecule has 98 valence electrons. The number of hydrogen-bond acceptors (Lipinski definition) is 5. The molecule has 3 N–H and O–H groups in total. The lowest BCUT2D eigenvalue weighted by molar-refractivity contribution is -0.150. The summed E-state index contributed by atoms with van der Waals surface area (Å²) in [5.74, 6) is -1.51. The second-order valence-electron chi connectivity index (χ2n) is 3.41. The molecule has 0 saturated carbocycles. The van der Waals surface area contributed by atoms with E-state index in [2.05, 4.69) is 10.1 Å². The maximum absolute atomic E-state index is 11.6. The van der Waals surface area contributed by atoms with Gasteiger partial charge in [-0.2, -0.15) is 0 Å². The smallest absolute Gasteiger partial charge is 0.332 e. The number of nitrogens with two attached hydrogens (primary N) is 1. The molecule has 0 spiro atoms. The fourth-order valence-corrected chi connectivity index (χ4v) is 1.07. The first-order valence-corrected chi connectivity index (χ1v) is 5.31. The Bertz CT molecular complexity index is 293. The predicted molar refractivity (Wildman–Crippen MR) is 60.9 cm³/mol. The molecular weight excluding hydrogens is 226 g/mol. The lowest BCUT2D eigenvalue weighted by Crippen LogP contribution is -2.48. The average molecular weight is 245 g/mol. The van der Waals surface area contributed by atoms with Gasteiger partial charge in [0, 0.05) is 27.1 Å². The van der Waals surface area contributed by atoms with Gasteiger partial charge in [0.15, 0.2) is 6.04 Å². The molecule has 0 aliphatic rings. The highest BCUT2D eigenvalue weighted by atomic mass is 16.5. The van der Waals surface area contributed by atoms with Crippen LogP contribution < -0.4 is 11.1 Å². The largest absolute Gasteiger partial charge is 0.464 e. The summed E-state index contributed by atoms with van der Waals surface area (Å²) in [6, 6.07) is -1.33. The fourth-order valence-electron chi connectivity index (χ4n) is 1.07. The van der Waals surface area contributed by atoms with Crippen LogP contribution in [0.3, 0.4) is 0 Å². The number of rotatable bonds is 6. The van der Waals surface area contributed by atoms with Crippen LogP contribution in [0.4, 0.5) is 0 Å². The molecule has 0 aromatic heterocycles. The Morgan fingerprint density at radius 2 is 2.00 bits per heavy atom. The van der Waals surface area contributed by atoms with Crippen molar-refractivity contribution < 1.29 is 19.1 Å². The van der Waals surface area contributed by atoms with Crippen molar-refractivity contribution in [2.24, 2.45) is 5.73 Å².